The number of hydrogen-bond donors (Lipinski definition) is 0. The van der Waals surface area contributed by atoms with Gasteiger partial charge in [0.2, 0.25) is 0 Å². The van der Waals surface area contributed by atoms with Crippen LogP contribution in [0.2, 0.25) is 0 Å². The zero-order chi connectivity index (χ0) is 9.14. The van der Waals surface area contributed by atoms with E-state index in [1.165, 1.54) is 6.07 Å². The van der Waals surface area contributed by atoms with Crippen LogP contribution < -0.4 is 0 Å². The van der Waals surface area contributed by atoms with Crippen LogP contribution in [-0.4, -0.2) is 6.29 Å². The third-order valence-corrected chi connectivity index (χ3v) is 1.85. The monoisotopic (exact) mass is 166 g/mol. The lowest BCUT2D eigenvalue weighted by molar-refractivity contribution is -0.108. The minimum absolute atomic E-state index is 0.305. The van der Waals surface area contributed by atoms with Crippen LogP contribution in [0.15, 0.2) is 18.2 Å². The molecule has 64 valence electrons. The Kier molecular flexibility index (Phi) is 2.58. The van der Waals surface area contributed by atoms with Gasteiger partial charge in [-0.2, -0.15) is 0 Å². The van der Waals surface area contributed by atoms with Crippen LogP contribution in [-0.2, 0) is 4.79 Å². The van der Waals surface area contributed by atoms with Crippen LogP contribution in [0.3, 0.4) is 0 Å². The van der Waals surface area contributed by atoms with Crippen molar-refractivity contribution in [1.82, 2.24) is 0 Å². The number of benzene rings is 1. The molecule has 1 atom stereocenters. The molecule has 0 aliphatic heterocycles. The largest absolute Gasteiger partial charge is 0.303 e. The van der Waals surface area contributed by atoms with Crippen LogP contribution >= 0.6 is 0 Å². The smallest absolute Gasteiger partial charge is 0.127 e. The van der Waals surface area contributed by atoms with E-state index in [-0.39, 0.29) is 11.7 Å². The molecule has 0 bridgehead atoms. The maximum atomic E-state index is 13.0. The first-order valence-electron chi connectivity index (χ1n) is 3.86. The van der Waals surface area contributed by atoms with E-state index in [1.54, 1.807) is 19.1 Å². The van der Waals surface area contributed by atoms with Crippen LogP contribution in [0.25, 0.3) is 0 Å². The summed E-state index contributed by atoms with van der Waals surface area (Å²) in [6.45, 7) is 3.56. The van der Waals surface area contributed by atoms with Gasteiger partial charge in [0.25, 0.3) is 0 Å². The molecule has 0 spiro atoms. The summed E-state index contributed by atoms with van der Waals surface area (Å²) >= 11 is 0. The fourth-order valence-corrected chi connectivity index (χ4v) is 1.09. The minimum atomic E-state index is -0.357. The van der Waals surface area contributed by atoms with Gasteiger partial charge < -0.3 is 4.79 Å². The lowest BCUT2D eigenvalue weighted by Gasteiger charge is -2.05. The van der Waals surface area contributed by atoms with Crippen molar-refractivity contribution in [3.8, 4) is 0 Å². The molecule has 12 heavy (non-hydrogen) atoms. The second-order valence-electron chi connectivity index (χ2n) is 2.95. The highest BCUT2D eigenvalue weighted by Gasteiger charge is 2.08. The van der Waals surface area contributed by atoms with Gasteiger partial charge in [-0.25, -0.2) is 4.39 Å². The first-order chi connectivity index (χ1) is 5.65. The first kappa shape index (κ1) is 8.91. The molecule has 0 aromatic heterocycles. The first-order valence-corrected chi connectivity index (χ1v) is 3.86. The number of rotatable bonds is 2. The molecule has 0 amide bonds. The molecule has 0 aliphatic rings. The zero-order valence-electron chi connectivity index (χ0n) is 7.17. The highest BCUT2D eigenvalue weighted by atomic mass is 19.1. The molecule has 1 aromatic rings. The molecule has 1 rings (SSSR count). The third-order valence-electron chi connectivity index (χ3n) is 1.85. The molecule has 0 saturated heterocycles. The Morgan fingerprint density at radius 2 is 2.17 bits per heavy atom. The second kappa shape index (κ2) is 3.48. The predicted molar refractivity (Wildman–Crippen MR) is 45.6 cm³/mol. The van der Waals surface area contributed by atoms with Crippen molar-refractivity contribution in [2.45, 2.75) is 19.8 Å². The molecule has 1 nitrogen and oxygen atoms in total. The van der Waals surface area contributed by atoms with Crippen LogP contribution in [0.4, 0.5) is 4.39 Å². The van der Waals surface area contributed by atoms with Gasteiger partial charge in [0.05, 0.1) is 0 Å². The van der Waals surface area contributed by atoms with E-state index >= 15 is 0 Å². The van der Waals surface area contributed by atoms with E-state index in [9.17, 15) is 9.18 Å². The summed E-state index contributed by atoms with van der Waals surface area (Å²) in [6, 6.07) is 4.79. The molecule has 0 saturated carbocycles. The molecule has 1 aromatic carbocycles. The van der Waals surface area contributed by atoms with Crippen LogP contribution in [0, 0.1) is 12.7 Å². The fourth-order valence-electron chi connectivity index (χ4n) is 1.09. The second-order valence-corrected chi connectivity index (χ2v) is 2.95. The van der Waals surface area contributed by atoms with E-state index in [0.29, 0.717) is 5.56 Å². The predicted octanol–water partition coefficient (Wildman–Crippen LogP) is 2.44. The van der Waals surface area contributed by atoms with Gasteiger partial charge in [-0.05, 0) is 18.6 Å². The Hall–Kier alpha value is -1.18. The Morgan fingerprint density at radius 3 is 2.75 bits per heavy atom. The number of carbonyl (C=O) groups is 1. The van der Waals surface area contributed by atoms with E-state index < -0.39 is 0 Å². The number of aryl methyl sites for hydroxylation is 1. The van der Waals surface area contributed by atoms with Gasteiger partial charge >= 0.3 is 0 Å². The van der Waals surface area contributed by atoms with Crippen molar-refractivity contribution in [3.05, 3.63) is 35.1 Å². The van der Waals surface area contributed by atoms with Crippen molar-refractivity contribution >= 4 is 6.29 Å². The third kappa shape index (κ3) is 1.70. The average Bonchev–Trinajstić information content (AvgIpc) is 2.08. The van der Waals surface area contributed by atoms with Crippen LogP contribution in [0.1, 0.15) is 24.0 Å². The summed E-state index contributed by atoms with van der Waals surface area (Å²) in [7, 11) is 0. The number of aldehydes is 1. The van der Waals surface area contributed by atoms with Crippen LogP contribution in [0.5, 0.6) is 0 Å². The summed E-state index contributed by atoms with van der Waals surface area (Å²) in [5.74, 6) is -0.662. The normalized spacial score (nSPS) is 12.6. The van der Waals surface area contributed by atoms with Crippen molar-refractivity contribution in [3.63, 3.8) is 0 Å². The van der Waals surface area contributed by atoms with E-state index in [2.05, 4.69) is 0 Å². The standard InChI is InChI=1S/C10H11FO/c1-7-3-4-10(11)9(5-7)8(2)6-12/h3-6,8H,1-2H3. The lowest BCUT2D eigenvalue weighted by atomic mass is 10.0. The van der Waals surface area contributed by atoms with Crippen molar-refractivity contribution < 1.29 is 9.18 Å². The molecule has 0 N–H and O–H groups in total. The maximum absolute atomic E-state index is 13.0. The minimum Gasteiger partial charge on any atom is -0.303 e. The summed E-state index contributed by atoms with van der Waals surface area (Å²) in [5.41, 5.74) is 1.45. The SMILES string of the molecule is Cc1ccc(F)c(C(C)C=O)c1. The van der Waals surface area contributed by atoms with Crippen molar-refractivity contribution in [1.29, 1.82) is 0 Å². The van der Waals surface area contributed by atoms with E-state index in [1.807, 2.05) is 6.92 Å². The van der Waals surface area contributed by atoms with Gasteiger partial charge in [-0.3, -0.25) is 0 Å². The van der Waals surface area contributed by atoms with E-state index in [4.69, 9.17) is 0 Å². The number of carbonyl (C=O) groups excluding carboxylic acids is 1. The Balaban J connectivity index is 3.12. The van der Waals surface area contributed by atoms with Crippen molar-refractivity contribution in [2.75, 3.05) is 0 Å². The van der Waals surface area contributed by atoms with Crippen molar-refractivity contribution in [2.24, 2.45) is 0 Å². The Morgan fingerprint density at radius 1 is 1.50 bits per heavy atom. The molecular weight excluding hydrogens is 155 g/mol. The zero-order valence-corrected chi connectivity index (χ0v) is 7.17. The molecular formula is C10H11FO. The lowest BCUT2D eigenvalue weighted by Crippen LogP contribution is -1.98. The summed E-state index contributed by atoms with van der Waals surface area (Å²) in [6.07, 6.45) is 0.748. The topological polar surface area (TPSA) is 17.1 Å². The number of halogens is 1. The molecule has 0 radical (unpaired) electrons. The molecule has 1 unspecified atom stereocenters. The highest BCUT2D eigenvalue weighted by molar-refractivity contribution is 5.61. The van der Waals surface area contributed by atoms with Gasteiger partial charge in [0.15, 0.2) is 0 Å². The number of hydrogen-bond acceptors (Lipinski definition) is 1. The van der Waals surface area contributed by atoms with Gasteiger partial charge in [-0.1, -0.05) is 24.6 Å². The summed E-state index contributed by atoms with van der Waals surface area (Å²) < 4.78 is 13.0. The Labute approximate surface area is 71.2 Å². The summed E-state index contributed by atoms with van der Waals surface area (Å²) in [4.78, 5) is 10.4. The average molecular weight is 166 g/mol. The molecule has 2 heteroatoms. The van der Waals surface area contributed by atoms with E-state index in [0.717, 1.165) is 11.8 Å². The maximum Gasteiger partial charge on any atom is 0.127 e. The quantitative estimate of drug-likeness (QED) is 0.617. The Bertz CT molecular complexity index is 294. The van der Waals surface area contributed by atoms with Gasteiger partial charge in [-0.15, -0.1) is 0 Å². The molecule has 0 fully saturated rings. The molecule has 0 heterocycles. The fraction of sp³-hybridized carbons (Fsp3) is 0.300. The highest BCUT2D eigenvalue weighted by Crippen LogP contribution is 2.18. The summed E-state index contributed by atoms with van der Waals surface area (Å²) in [5, 5.41) is 0. The molecule has 0 aliphatic carbocycles. The van der Waals surface area contributed by atoms with Gasteiger partial charge in [0, 0.05) is 5.92 Å². The van der Waals surface area contributed by atoms with Gasteiger partial charge in [0.1, 0.15) is 12.1 Å².